The van der Waals surface area contributed by atoms with Crippen LogP contribution < -0.4 is 0 Å². The molecule has 0 N–H and O–H groups in total. The van der Waals surface area contributed by atoms with Crippen molar-refractivity contribution >= 4 is 22.6 Å². The van der Waals surface area contributed by atoms with Crippen LogP contribution >= 0.6 is 11.6 Å². The van der Waals surface area contributed by atoms with Crippen molar-refractivity contribution in [2.75, 3.05) is 5.88 Å². The molecule has 0 aliphatic heterocycles. The molecule has 0 atom stereocenters. The second-order valence-corrected chi connectivity index (χ2v) is 5.91. The van der Waals surface area contributed by atoms with E-state index in [2.05, 4.69) is 39.9 Å². The van der Waals surface area contributed by atoms with Gasteiger partial charge in [0.05, 0.1) is 11.7 Å². The number of aromatic nitrogens is 3. The largest absolute Gasteiger partial charge is 0.324 e. The smallest absolute Gasteiger partial charge is 0.111 e. The summed E-state index contributed by atoms with van der Waals surface area (Å²) in [6, 6.07) is 11.2. The number of hydrogen-bond donors (Lipinski definition) is 0. The van der Waals surface area contributed by atoms with Gasteiger partial charge in [-0.1, -0.05) is 24.3 Å². The van der Waals surface area contributed by atoms with Crippen molar-refractivity contribution in [3.8, 4) is 0 Å². The van der Waals surface area contributed by atoms with Crippen LogP contribution in [-0.2, 0) is 19.3 Å². The lowest BCUT2D eigenvalue weighted by Crippen LogP contribution is -2.13. The molecule has 21 heavy (non-hydrogen) atoms. The molecule has 1 aliphatic carbocycles. The standard InChI is InChI=1S/C17H16ClN3/c18-7-5-17-20-15-11-19-8-6-16(15)21(17)14-9-12-3-1-2-4-13(12)10-14/h1-4,6,8,11,14H,5,7,9-10H2. The molecule has 0 bridgehead atoms. The zero-order valence-electron chi connectivity index (χ0n) is 11.7. The summed E-state index contributed by atoms with van der Waals surface area (Å²) in [4.78, 5) is 8.91. The predicted octanol–water partition coefficient (Wildman–Crippen LogP) is 3.55. The zero-order valence-corrected chi connectivity index (χ0v) is 12.4. The Balaban J connectivity index is 1.81. The zero-order chi connectivity index (χ0) is 14.2. The maximum Gasteiger partial charge on any atom is 0.111 e. The number of hydrogen-bond acceptors (Lipinski definition) is 2. The quantitative estimate of drug-likeness (QED) is 0.692. The average molecular weight is 298 g/mol. The minimum Gasteiger partial charge on any atom is -0.324 e. The van der Waals surface area contributed by atoms with E-state index >= 15 is 0 Å². The van der Waals surface area contributed by atoms with Crippen LogP contribution in [-0.4, -0.2) is 20.4 Å². The Morgan fingerprint density at radius 3 is 2.62 bits per heavy atom. The maximum atomic E-state index is 5.96. The van der Waals surface area contributed by atoms with E-state index in [1.807, 2.05) is 12.4 Å². The lowest BCUT2D eigenvalue weighted by atomic mass is 10.1. The van der Waals surface area contributed by atoms with Gasteiger partial charge in [-0.05, 0) is 30.0 Å². The second-order valence-electron chi connectivity index (χ2n) is 5.53. The Morgan fingerprint density at radius 1 is 1.14 bits per heavy atom. The van der Waals surface area contributed by atoms with Crippen molar-refractivity contribution in [2.45, 2.75) is 25.3 Å². The molecule has 0 amide bonds. The summed E-state index contributed by atoms with van der Waals surface area (Å²) >= 11 is 5.96. The number of fused-ring (bicyclic) bond motifs is 2. The molecule has 2 aromatic heterocycles. The number of pyridine rings is 1. The van der Waals surface area contributed by atoms with Crippen LogP contribution in [0.3, 0.4) is 0 Å². The molecule has 2 heterocycles. The molecule has 0 saturated carbocycles. The highest BCUT2D eigenvalue weighted by Crippen LogP contribution is 2.33. The van der Waals surface area contributed by atoms with Crippen LogP contribution in [0.2, 0.25) is 0 Å². The fourth-order valence-electron chi connectivity index (χ4n) is 3.39. The van der Waals surface area contributed by atoms with E-state index in [9.17, 15) is 0 Å². The fraction of sp³-hybridized carbons (Fsp3) is 0.294. The summed E-state index contributed by atoms with van der Waals surface area (Å²) in [5.41, 5.74) is 5.04. The van der Waals surface area contributed by atoms with Gasteiger partial charge in [0.15, 0.2) is 0 Å². The van der Waals surface area contributed by atoms with Crippen LogP contribution in [0.15, 0.2) is 42.7 Å². The molecule has 0 fully saturated rings. The third-order valence-electron chi connectivity index (χ3n) is 4.28. The minimum absolute atomic E-state index is 0.438. The molecule has 0 radical (unpaired) electrons. The molecule has 3 nitrogen and oxygen atoms in total. The highest BCUT2D eigenvalue weighted by Gasteiger charge is 2.25. The highest BCUT2D eigenvalue weighted by molar-refractivity contribution is 6.17. The highest BCUT2D eigenvalue weighted by atomic mass is 35.5. The van der Waals surface area contributed by atoms with Gasteiger partial charge in [0, 0.05) is 24.5 Å². The van der Waals surface area contributed by atoms with Crippen LogP contribution in [0.1, 0.15) is 23.0 Å². The molecule has 4 rings (SSSR count). The molecule has 1 aromatic carbocycles. The predicted molar refractivity (Wildman–Crippen MR) is 84.8 cm³/mol. The normalized spacial score (nSPS) is 14.7. The Labute approximate surface area is 128 Å². The summed E-state index contributed by atoms with van der Waals surface area (Å²) < 4.78 is 2.37. The molecular formula is C17H16ClN3. The van der Waals surface area contributed by atoms with E-state index in [1.54, 1.807) is 0 Å². The van der Waals surface area contributed by atoms with Gasteiger partial charge < -0.3 is 4.57 Å². The summed E-state index contributed by atoms with van der Waals surface area (Å²) in [6.45, 7) is 0. The Kier molecular flexibility index (Phi) is 3.15. The topological polar surface area (TPSA) is 30.7 Å². The lowest BCUT2D eigenvalue weighted by molar-refractivity contribution is 0.523. The van der Waals surface area contributed by atoms with E-state index in [1.165, 1.54) is 16.6 Å². The first-order chi connectivity index (χ1) is 10.4. The summed E-state index contributed by atoms with van der Waals surface area (Å²) in [7, 11) is 0. The van der Waals surface area contributed by atoms with Crippen molar-refractivity contribution < 1.29 is 0 Å². The molecule has 1 aliphatic rings. The van der Waals surface area contributed by atoms with E-state index < -0.39 is 0 Å². The molecular weight excluding hydrogens is 282 g/mol. The van der Waals surface area contributed by atoms with Crippen molar-refractivity contribution in [1.29, 1.82) is 0 Å². The van der Waals surface area contributed by atoms with Gasteiger partial charge in [-0.25, -0.2) is 4.98 Å². The summed E-state index contributed by atoms with van der Waals surface area (Å²) in [6.07, 6.45) is 6.61. The van der Waals surface area contributed by atoms with Crippen molar-refractivity contribution in [2.24, 2.45) is 0 Å². The first kappa shape index (κ1) is 12.8. The SMILES string of the molecule is ClCCc1nc2cnccc2n1C1Cc2ccccc2C1. The van der Waals surface area contributed by atoms with Crippen molar-refractivity contribution in [1.82, 2.24) is 14.5 Å². The van der Waals surface area contributed by atoms with Crippen molar-refractivity contribution in [3.05, 3.63) is 59.7 Å². The van der Waals surface area contributed by atoms with E-state index in [-0.39, 0.29) is 0 Å². The molecule has 0 unspecified atom stereocenters. The Hall–Kier alpha value is -1.87. The molecule has 0 saturated heterocycles. The second kappa shape index (κ2) is 5.15. The van der Waals surface area contributed by atoms with Crippen LogP contribution in [0, 0.1) is 0 Å². The lowest BCUT2D eigenvalue weighted by Gasteiger charge is -2.16. The molecule has 0 spiro atoms. The van der Waals surface area contributed by atoms with E-state index in [4.69, 9.17) is 16.6 Å². The third-order valence-corrected chi connectivity index (χ3v) is 4.47. The monoisotopic (exact) mass is 297 g/mol. The van der Waals surface area contributed by atoms with Crippen LogP contribution in [0.5, 0.6) is 0 Å². The number of nitrogens with zero attached hydrogens (tertiary/aromatic N) is 3. The van der Waals surface area contributed by atoms with Gasteiger partial charge in [0.1, 0.15) is 11.3 Å². The third kappa shape index (κ3) is 2.12. The summed E-state index contributed by atoms with van der Waals surface area (Å²) in [5.74, 6) is 1.67. The molecule has 106 valence electrons. The first-order valence-electron chi connectivity index (χ1n) is 7.30. The van der Waals surface area contributed by atoms with Gasteiger partial charge in [0.25, 0.3) is 0 Å². The number of rotatable bonds is 3. The minimum atomic E-state index is 0.438. The number of halogens is 1. The number of alkyl halides is 1. The fourth-order valence-corrected chi connectivity index (χ4v) is 3.56. The van der Waals surface area contributed by atoms with Gasteiger partial charge in [-0.3, -0.25) is 4.98 Å². The van der Waals surface area contributed by atoms with Gasteiger partial charge >= 0.3 is 0 Å². The Bertz CT molecular complexity index is 769. The van der Waals surface area contributed by atoms with Gasteiger partial charge in [-0.2, -0.15) is 0 Å². The first-order valence-corrected chi connectivity index (χ1v) is 7.84. The van der Waals surface area contributed by atoms with Crippen LogP contribution in [0.25, 0.3) is 11.0 Å². The molecule has 3 aromatic rings. The van der Waals surface area contributed by atoms with Crippen molar-refractivity contribution in [3.63, 3.8) is 0 Å². The molecule has 4 heteroatoms. The number of aryl methyl sites for hydroxylation is 1. The van der Waals surface area contributed by atoms with Crippen LogP contribution in [0.4, 0.5) is 0 Å². The number of benzene rings is 1. The van der Waals surface area contributed by atoms with Gasteiger partial charge in [-0.15, -0.1) is 11.6 Å². The van der Waals surface area contributed by atoms with E-state index in [0.717, 1.165) is 30.6 Å². The van der Waals surface area contributed by atoms with E-state index in [0.29, 0.717) is 11.9 Å². The average Bonchev–Trinajstić information content (AvgIpc) is 3.07. The Morgan fingerprint density at radius 2 is 1.90 bits per heavy atom. The maximum absolute atomic E-state index is 5.96. The summed E-state index contributed by atoms with van der Waals surface area (Å²) in [5, 5.41) is 0. The van der Waals surface area contributed by atoms with Gasteiger partial charge in [0.2, 0.25) is 0 Å². The number of imidazole rings is 1.